The first-order valence-electron chi connectivity index (χ1n) is 10.4. The van der Waals surface area contributed by atoms with Gasteiger partial charge in [-0.2, -0.15) is 0 Å². The predicted octanol–water partition coefficient (Wildman–Crippen LogP) is 4.48. The summed E-state index contributed by atoms with van der Waals surface area (Å²) in [6.07, 6.45) is 1.85. The molecule has 1 rings (SSSR count). The van der Waals surface area contributed by atoms with Crippen molar-refractivity contribution in [2.24, 2.45) is 5.92 Å². The third-order valence-electron chi connectivity index (χ3n) is 3.80. The van der Waals surface area contributed by atoms with Crippen LogP contribution in [0, 0.1) is 5.92 Å². The number of alkyl carbamates (subject to hydrolysis) is 1. The number of carbonyl (C=O) groups is 3. The Morgan fingerprint density at radius 3 is 2.17 bits per heavy atom. The van der Waals surface area contributed by atoms with Crippen molar-refractivity contribution in [2.75, 3.05) is 0 Å². The number of esters is 1. The lowest BCUT2D eigenvalue weighted by Gasteiger charge is -2.26. The van der Waals surface area contributed by atoms with E-state index in [0.717, 1.165) is 12.1 Å². The Labute approximate surface area is 179 Å². The number of pyridine rings is 1. The first kappa shape index (κ1) is 25.6. The molecular formula is C23H36N2O5. The average Bonchev–Trinajstić information content (AvgIpc) is 2.54. The highest BCUT2D eigenvalue weighted by atomic mass is 16.6. The summed E-state index contributed by atoms with van der Waals surface area (Å²) in [6, 6.07) is 2.46. The van der Waals surface area contributed by atoms with Crippen molar-refractivity contribution in [3.05, 3.63) is 29.6 Å². The minimum atomic E-state index is -0.986. The number of nitrogens with one attached hydrogen (secondary N) is 1. The minimum absolute atomic E-state index is 0.0742. The maximum absolute atomic E-state index is 12.7. The highest BCUT2D eigenvalue weighted by Gasteiger charge is 2.29. The van der Waals surface area contributed by atoms with Crippen molar-refractivity contribution < 1.29 is 23.9 Å². The van der Waals surface area contributed by atoms with Gasteiger partial charge < -0.3 is 14.8 Å². The summed E-state index contributed by atoms with van der Waals surface area (Å²) in [5.41, 5.74) is -0.0270. The van der Waals surface area contributed by atoms with E-state index in [1.165, 1.54) is 0 Å². The van der Waals surface area contributed by atoms with Crippen molar-refractivity contribution in [1.29, 1.82) is 0 Å². The molecule has 0 fully saturated rings. The van der Waals surface area contributed by atoms with Gasteiger partial charge in [0.1, 0.15) is 17.2 Å². The van der Waals surface area contributed by atoms with Gasteiger partial charge in [-0.05, 0) is 72.4 Å². The van der Waals surface area contributed by atoms with Gasteiger partial charge in [0.15, 0.2) is 5.78 Å². The highest BCUT2D eigenvalue weighted by molar-refractivity contribution is 5.96. The summed E-state index contributed by atoms with van der Waals surface area (Å²) < 4.78 is 10.6. The second kappa shape index (κ2) is 10.5. The predicted molar refractivity (Wildman–Crippen MR) is 115 cm³/mol. The van der Waals surface area contributed by atoms with Crippen LogP contribution < -0.4 is 5.32 Å². The van der Waals surface area contributed by atoms with Gasteiger partial charge in [0.2, 0.25) is 0 Å². The molecule has 0 aromatic carbocycles. The van der Waals surface area contributed by atoms with Gasteiger partial charge in [-0.15, -0.1) is 0 Å². The molecule has 7 heteroatoms. The Morgan fingerprint density at radius 1 is 1.03 bits per heavy atom. The van der Waals surface area contributed by atoms with Crippen LogP contribution >= 0.6 is 0 Å². The summed E-state index contributed by atoms with van der Waals surface area (Å²) >= 11 is 0. The molecule has 1 heterocycles. The topological polar surface area (TPSA) is 94.6 Å². The van der Waals surface area contributed by atoms with E-state index in [1.807, 2.05) is 0 Å². The standard InChI is InChI=1S/C23H36N2O5/c1-15(2)13-17-14-16(11-12-24-17)19(26)10-9-18(20(27)29-22(3,4)5)25-21(28)30-23(6,7)8/h11-12,14-15,18H,9-10,13H2,1-8H3,(H,25,28). The summed E-state index contributed by atoms with van der Waals surface area (Å²) in [6.45, 7) is 14.6. The van der Waals surface area contributed by atoms with Crippen molar-refractivity contribution >= 4 is 17.8 Å². The second-order valence-corrected chi connectivity index (χ2v) is 9.83. The van der Waals surface area contributed by atoms with Crippen LogP contribution in [0.3, 0.4) is 0 Å². The van der Waals surface area contributed by atoms with E-state index in [0.29, 0.717) is 11.5 Å². The fourth-order valence-electron chi connectivity index (χ4n) is 2.67. The lowest BCUT2D eigenvalue weighted by atomic mass is 10.0. The molecule has 30 heavy (non-hydrogen) atoms. The number of Topliss-reactive ketones (excluding diaryl/α,β-unsaturated/α-hetero) is 1. The van der Waals surface area contributed by atoms with E-state index >= 15 is 0 Å². The van der Waals surface area contributed by atoms with Crippen molar-refractivity contribution in [1.82, 2.24) is 10.3 Å². The summed E-state index contributed by atoms with van der Waals surface area (Å²) in [7, 11) is 0. The third kappa shape index (κ3) is 10.4. The molecule has 1 unspecified atom stereocenters. The van der Waals surface area contributed by atoms with E-state index in [1.54, 1.807) is 59.9 Å². The second-order valence-electron chi connectivity index (χ2n) is 9.83. The van der Waals surface area contributed by atoms with Crippen molar-refractivity contribution in [3.8, 4) is 0 Å². The van der Waals surface area contributed by atoms with E-state index in [4.69, 9.17) is 9.47 Å². The van der Waals surface area contributed by atoms with E-state index in [2.05, 4.69) is 24.1 Å². The summed E-state index contributed by atoms with van der Waals surface area (Å²) in [5.74, 6) is -0.296. The molecule has 168 valence electrons. The van der Waals surface area contributed by atoms with Crippen molar-refractivity contribution in [3.63, 3.8) is 0 Å². The summed E-state index contributed by atoms with van der Waals surface area (Å²) in [5, 5.41) is 2.54. The number of amides is 1. The van der Waals surface area contributed by atoms with Crippen LogP contribution in [0.15, 0.2) is 18.3 Å². The quantitative estimate of drug-likeness (QED) is 0.492. The van der Waals surface area contributed by atoms with Gasteiger partial charge in [-0.25, -0.2) is 9.59 Å². The Kier molecular flexibility index (Phi) is 9.00. The van der Waals surface area contributed by atoms with Gasteiger partial charge in [0, 0.05) is 23.9 Å². The van der Waals surface area contributed by atoms with Gasteiger partial charge in [-0.3, -0.25) is 9.78 Å². The molecule has 0 saturated heterocycles. The normalized spacial score (nSPS) is 13.0. The molecule has 1 aromatic heterocycles. The van der Waals surface area contributed by atoms with Crippen LogP contribution in [-0.2, 0) is 20.7 Å². The SMILES string of the molecule is CC(C)Cc1cc(C(=O)CCC(NC(=O)OC(C)(C)C)C(=O)OC(C)(C)C)ccn1. The van der Waals surface area contributed by atoms with E-state index < -0.39 is 29.3 Å². The fraction of sp³-hybridized carbons (Fsp3) is 0.652. The van der Waals surface area contributed by atoms with E-state index in [-0.39, 0.29) is 18.6 Å². The molecule has 7 nitrogen and oxygen atoms in total. The Balaban J connectivity index is 2.86. The molecule has 0 aliphatic rings. The molecule has 1 aromatic rings. The van der Waals surface area contributed by atoms with Crippen LogP contribution in [0.25, 0.3) is 0 Å². The number of carbonyl (C=O) groups excluding carboxylic acids is 3. The van der Waals surface area contributed by atoms with Crippen LogP contribution in [0.4, 0.5) is 4.79 Å². The average molecular weight is 421 g/mol. The fourth-order valence-corrected chi connectivity index (χ4v) is 2.67. The molecule has 1 amide bonds. The number of nitrogens with zero attached hydrogens (tertiary/aromatic N) is 1. The first-order chi connectivity index (χ1) is 13.7. The van der Waals surface area contributed by atoms with Gasteiger partial charge in [0.05, 0.1) is 0 Å². The first-order valence-corrected chi connectivity index (χ1v) is 10.4. The highest BCUT2D eigenvalue weighted by Crippen LogP contribution is 2.15. The van der Waals surface area contributed by atoms with E-state index in [9.17, 15) is 14.4 Å². The monoisotopic (exact) mass is 420 g/mol. The zero-order valence-electron chi connectivity index (χ0n) is 19.5. The number of rotatable bonds is 8. The Bertz CT molecular complexity index is 745. The molecule has 0 aliphatic carbocycles. The number of ether oxygens (including phenoxy) is 2. The maximum Gasteiger partial charge on any atom is 0.408 e. The Morgan fingerprint density at radius 2 is 1.63 bits per heavy atom. The lowest BCUT2D eigenvalue weighted by Crippen LogP contribution is -2.46. The number of aromatic nitrogens is 1. The van der Waals surface area contributed by atoms with Gasteiger partial charge in [-0.1, -0.05) is 13.8 Å². The smallest absolute Gasteiger partial charge is 0.408 e. The Hall–Kier alpha value is -2.44. The molecule has 0 radical (unpaired) electrons. The third-order valence-corrected chi connectivity index (χ3v) is 3.80. The maximum atomic E-state index is 12.7. The largest absolute Gasteiger partial charge is 0.458 e. The minimum Gasteiger partial charge on any atom is -0.458 e. The van der Waals surface area contributed by atoms with Crippen LogP contribution in [0.2, 0.25) is 0 Å². The molecule has 0 aliphatic heterocycles. The lowest BCUT2D eigenvalue weighted by molar-refractivity contribution is -0.157. The molecule has 1 atom stereocenters. The van der Waals surface area contributed by atoms with Gasteiger partial charge in [0.25, 0.3) is 0 Å². The van der Waals surface area contributed by atoms with Crippen molar-refractivity contribution in [2.45, 2.75) is 91.9 Å². The number of ketones is 1. The molecule has 0 saturated carbocycles. The molecule has 1 N–H and O–H groups in total. The van der Waals surface area contributed by atoms with Crippen LogP contribution in [0.1, 0.15) is 84.3 Å². The van der Waals surface area contributed by atoms with Crippen LogP contribution in [0.5, 0.6) is 0 Å². The zero-order valence-corrected chi connectivity index (χ0v) is 19.5. The molecule has 0 spiro atoms. The van der Waals surface area contributed by atoms with Gasteiger partial charge >= 0.3 is 12.1 Å². The number of hydrogen-bond donors (Lipinski definition) is 1. The number of hydrogen-bond acceptors (Lipinski definition) is 6. The zero-order chi connectivity index (χ0) is 23.1. The molecule has 0 bridgehead atoms. The molecular weight excluding hydrogens is 384 g/mol. The summed E-state index contributed by atoms with van der Waals surface area (Å²) in [4.78, 5) is 41.7. The van der Waals surface area contributed by atoms with Crippen LogP contribution in [-0.4, -0.2) is 40.1 Å².